The third-order valence-electron chi connectivity index (χ3n) is 3.15. The SMILES string of the molecule is CCCCCCNCc1c(C)cccc1C. The van der Waals surface area contributed by atoms with Gasteiger partial charge < -0.3 is 5.32 Å². The molecule has 16 heavy (non-hydrogen) atoms. The third kappa shape index (κ3) is 4.36. The van der Waals surface area contributed by atoms with E-state index in [1.807, 2.05) is 0 Å². The lowest BCUT2D eigenvalue weighted by atomic mass is 10.0. The van der Waals surface area contributed by atoms with Crippen LogP contribution < -0.4 is 5.32 Å². The summed E-state index contributed by atoms with van der Waals surface area (Å²) in [7, 11) is 0. The number of benzene rings is 1. The Kier molecular flexibility index (Phi) is 6.17. The molecule has 0 saturated carbocycles. The van der Waals surface area contributed by atoms with Crippen LogP contribution in [0.2, 0.25) is 0 Å². The van der Waals surface area contributed by atoms with E-state index in [2.05, 4.69) is 44.3 Å². The molecule has 0 radical (unpaired) electrons. The van der Waals surface area contributed by atoms with Crippen molar-refractivity contribution in [1.29, 1.82) is 0 Å². The molecule has 0 amide bonds. The maximum atomic E-state index is 3.54. The quantitative estimate of drug-likeness (QED) is 0.684. The van der Waals surface area contributed by atoms with Gasteiger partial charge in [0.15, 0.2) is 0 Å². The number of unbranched alkanes of at least 4 members (excludes halogenated alkanes) is 3. The van der Waals surface area contributed by atoms with Gasteiger partial charge in [0.25, 0.3) is 0 Å². The molecule has 0 unspecified atom stereocenters. The fourth-order valence-electron chi connectivity index (χ4n) is 2.02. The van der Waals surface area contributed by atoms with Crippen molar-refractivity contribution in [1.82, 2.24) is 5.32 Å². The summed E-state index contributed by atoms with van der Waals surface area (Å²) >= 11 is 0. The van der Waals surface area contributed by atoms with Gasteiger partial charge in [-0.25, -0.2) is 0 Å². The summed E-state index contributed by atoms with van der Waals surface area (Å²) in [5, 5.41) is 3.54. The number of hydrogen-bond acceptors (Lipinski definition) is 1. The van der Waals surface area contributed by atoms with Gasteiger partial charge >= 0.3 is 0 Å². The Morgan fingerprint density at radius 1 is 1.00 bits per heavy atom. The van der Waals surface area contributed by atoms with Gasteiger partial charge in [0, 0.05) is 6.54 Å². The molecule has 0 heterocycles. The topological polar surface area (TPSA) is 12.0 Å². The number of rotatable bonds is 7. The summed E-state index contributed by atoms with van der Waals surface area (Å²) in [6.45, 7) is 8.81. The van der Waals surface area contributed by atoms with Crippen LogP contribution >= 0.6 is 0 Å². The first-order chi connectivity index (χ1) is 7.75. The lowest BCUT2D eigenvalue weighted by Gasteiger charge is -2.10. The average molecular weight is 219 g/mol. The van der Waals surface area contributed by atoms with Crippen molar-refractivity contribution >= 4 is 0 Å². The van der Waals surface area contributed by atoms with Crippen LogP contribution in [0.15, 0.2) is 18.2 Å². The minimum Gasteiger partial charge on any atom is -0.313 e. The van der Waals surface area contributed by atoms with Gasteiger partial charge in [-0.05, 0) is 43.5 Å². The maximum absolute atomic E-state index is 3.54. The molecular formula is C15H25N. The van der Waals surface area contributed by atoms with Crippen molar-refractivity contribution in [3.63, 3.8) is 0 Å². The van der Waals surface area contributed by atoms with Crippen molar-refractivity contribution < 1.29 is 0 Å². The first-order valence-corrected chi connectivity index (χ1v) is 6.51. The summed E-state index contributed by atoms with van der Waals surface area (Å²) in [5.74, 6) is 0. The Hall–Kier alpha value is -0.820. The Bertz CT molecular complexity index is 284. The van der Waals surface area contributed by atoms with E-state index in [1.165, 1.54) is 42.4 Å². The van der Waals surface area contributed by atoms with Crippen LogP contribution in [0, 0.1) is 13.8 Å². The monoisotopic (exact) mass is 219 g/mol. The van der Waals surface area contributed by atoms with Gasteiger partial charge in [0.2, 0.25) is 0 Å². The van der Waals surface area contributed by atoms with E-state index in [-0.39, 0.29) is 0 Å². The van der Waals surface area contributed by atoms with Crippen LogP contribution in [0.4, 0.5) is 0 Å². The second-order valence-corrected chi connectivity index (χ2v) is 4.61. The van der Waals surface area contributed by atoms with Crippen molar-refractivity contribution in [2.75, 3.05) is 6.54 Å². The molecule has 0 aromatic heterocycles. The van der Waals surface area contributed by atoms with Crippen LogP contribution in [0.5, 0.6) is 0 Å². The first-order valence-electron chi connectivity index (χ1n) is 6.51. The van der Waals surface area contributed by atoms with Crippen molar-refractivity contribution in [3.8, 4) is 0 Å². The van der Waals surface area contributed by atoms with E-state index < -0.39 is 0 Å². The Labute approximate surface area is 100 Å². The highest BCUT2D eigenvalue weighted by atomic mass is 14.8. The van der Waals surface area contributed by atoms with Crippen LogP contribution in [0.25, 0.3) is 0 Å². The number of nitrogens with one attached hydrogen (secondary N) is 1. The molecule has 1 N–H and O–H groups in total. The van der Waals surface area contributed by atoms with Crippen LogP contribution in [0.3, 0.4) is 0 Å². The summed E-state index contributed by atoms with van der Waals surface area (Å²) in [5.41, 5.74) is 4.28. The summed E-state index contributed by atoms with van der Waals surface area (Å²) in [4.78, 5) is 0. The zero-order chi connectivity index (χ0) is 11.8. The van der Waals surface area contributed by atoms with Crippen LogP contribution in [-0.2, 0) is 6.54 Å². The maximum Gasteiger partial charge on any atom is 0.0210 e. The van der Waals surface area contributed by atoms with Crippen LogP contribution in [-0.4, -0.2) is 6.54 Å². The summed E-state index contributed by atoms with van der Waals surface area (Å²) in [6, 6.07) is 6.53. The predicted octanol–water partition coefficient (Wildman–Crippen LogP) is 3.97. The zero-order valence-electron chi connectivity index (χ0n) is 11.0. The fraction of sp³-hybridized carbons (Fsp3) is 0.600. The largest absolute Gasteiger partial charge is 0.313 e. The van der Waals surface area contributed by atoms with Crippen molar-refractivity contribution in [2.45, 2.75) is 53.0 Å². The Balaban J connectivity index is 2.26. The molecule has 0 spiro atoms. The normalized spacial score (nSPS) is 10.7. The molecule has 0 bridgehead atoms. The predicted molar refractivity (Wildman–Crippen MR) is 71.8 cm³/mol. The van der Waals surface area contributed by atoms with E-state index in [0.29, 0.717) is 0 Å². The van der Waals surface area contributed by atoms with E-state index >= 15 is 0 Å². The molecule has 0 aliphatic rings. The Morgan fingerprint density at radius 2 is 1.69 bits per heavy atom. The van der Waals surface area contributed by atoms with Gasteiger partial charge in [-0.15, -0.1) is 0 Å². The minimum absolute atomic E-state index is 1.02. The van der Waals surface area contributed by atoms with Gasteiger partial charge in [-0.2, -0.15) is 0 Å². The molecule has 1 aromatic carbocycles. The minimum atomic E-state index is 1.02. The molecule has 1 nitrogen and oxygen atoms in total. The van der Waals surface area contributed by atoms with Crippen molar-refractivity contribution in [3.05, 3.63) is 34.9 Å². The number of aryl methyl sites for hydroxylation is 2. The van der Waals surface area contributed by atoms with Crippen LogP contribution in [0.1, 0.15) is 49.3 Å². The second-order valence-electron chi connectivity index (χ2n) is 4.61. The lowest BCUT2D eigenvalue weighted by Crippen LogP contribution is -2.16. The van der Waals surface area contributed by atoms with E-state index in [4.69, 9.17) is 0 Å². The molecule has 0 atom stereocenters. The molecule has 1 heteroatoms. The first kappa shape index (κ1) is 13.2. The molecule has 1 aromatic rings. The van der Waals surface area contributed by atoms with E-state index in [9.17, 15) is 0 Å². The summed E-state index contributed by atoms with van der Waals surface area (Å²) in [6.07, 6.45) is 5.34. The molecule has 0 aliphatic carbocycles. The second kappa shape index (κ2) is 7.45. The Morgan fingerprint density at radius 3 is 2.31 bits per heavy atom. The van der Waals surface area contributed by atoms with Crippen molar-refractivity contribution in [2.24, 2.45) is 0 Å². The van der Waals surface area contributed by atoms with E-state index in [1.54, 1.807) is 0 Å². The summed E-state index contributed by atoms with van der Waals surface area (Å²) < 4.78 is 0. The molecule has 0 saturated heterocycles. The fourth-order valence-corrected chi connectivity index (χ4v) is 2.02. The van der Waals surface area contributed by atoms with Gasteiger partial charge in [0.1, 0.15) is 0 Å². The van der Waals surface area contributed by atoms with E-state index in [0.717, 1.165) is 13.1 Å². The third-order valence-corrected chi connectivity index (χ3v) is 3.15. The molecule has 0 aliphatic heterocycles. The molecule has 90 valence electrons. The molecular weight excluding hydrogens is 194 g/mol. The molecule has 1 rings (SSSR count). The zero-order valence-corrected chi connectivity index (χ0v) is 11.0. The highest BCUT2D eigenvalue weighted by molar-refractivity contribution is 5.33. The lowest BCUT2D eigenvalue weighted by molar-refractivity contribution is 0.596. The smallest absolute Gasteiger partial charge is 0.0210 e. The molecule has 0 fully saturated rings. The van der Waals surface area contributed by atoms with Gasteiger partial charge in [0.05, 0.1) is 0 Å². The van der Waals surface area contributed by atoms with Gasteiger partial charge in [-0.1, -0.05) is 44.4 Å². The standard InChI is InChI=1S/C15H25N/c1-4-5-6-7-11-16-12-15-13(2)9-8-10-14(15)3/h8-10,16H,4-7,11-12H2,1-3H3. The average Bonchev–Trinajstić information content (AvgIpc) is 2.26. The number of hydrogen-bond donors (Lipinski definition) is 1. The highest BCUT2D eigenvalue weighted by Crippen LogP contribution is 2.12. The highest BCUT2D eigenvalue weighted by Gasteiger charge is 2.00. The van der Waals surface area contributed by atoms with Gasteiger partial charge in [-0.3, -0.25) is 0 Å².